The molecule has 0 heterocycles. The van der Waals surface area contributed by atoms with Gasteiger partial charge in [0.05, 0.1) is 10.6 Å². The fraction of sp³-hybridized carbons (Fsp3) is 0.364. The van der Waals surface area contributed by atoms with E-state index < -0.39 is 21.8 Å². The van der Waals surface area contributed by atoms with Crippen LogP contribution in [0.1, 0.15) is 6.92 Å². The molecule has 0 fully saturated rings. The van der Waals surface area contributed by atoms with Crippen LogP contribution in [0.3, 0.4) is 0 Å². The van der Waals surface area contributed by atoms with Crippen molar-refractivity contribution in [3.8, 4) is 0 Å². The molecule has 1 rings (SSSR count). The summed E-state index contributed by atoms with van der Waals surface area (Å²) in [4.78, 5) is 11.2. The fourth-order valence-electron chi connectivity index (χ4n) is 1.13. The quantitative estimate of drug-likeness (QED) is 0.769. The monoisotopic (exact) mass is 257 g/mol. The van der Waals surface area contributed by atoms with E-state index in [0.717, 1.165) is 0 Å². The Kier molecular flexibility index (Phi) is 4.65. The summed E-state index contributed by atoms with van der Waals surface area (Å²) in [5.41, 5.74) is 5.27. The summed E-state index contributed by atoms with van der Waals surface area (Å²) in [5, 5.41) is 0. The predicted molar refractivity (Wildman–Crippen MR) is 63.1 cm³/mol. The lowest BCUT2D eigenvalue weighted by atomic mass is 10.4. The molecule has 6 heteroatoms. The van der Waals surface area contributed by atoms with Crippen LogP contribution in [0, 0.1) is 0 Å². The molecule has 0 aliphatic carbocycles. The first kappa shape index (κ1) is 13.7. The number of ether oxygens (including phenoxy) is 1. The molecule has 0 spiro atoms. The van der Waals surface area contributed by atoms with Gasteiger partial charge >= 0.3 is 5.97 Å². The Morgan fingerprint density at radius 3 is 2.47 bits per heavy atom. The average Bonchev–Trinajstić information content (AvgIpc) is 2.29. The summed E-state index contributed by atoms with van der Waals surface area (Å²) in [5.74, 6) is -0.844. The molecule has 0 saturated heterocycles. The number of hydrogen-bond donors (Lipinski definition) is 1. The molecule has 0 aliphatic rings. The third-order valence-corrected chi connectivity index (χ3v) is 3.77. The van der Waals surface area contributed by atoms with Gasteiger partial charge in [0, 0.05) is 0 Å². The molecule has 1 aromatic rings. The van der Waals surface area contributed by atoms with Crippen LogP contribution in [0.4, 0.5) is 0 Å². The molecule has 0 radical (unpaired) electrons. The van der Waals surface area contributed by atoms with Crippen molar-refractivity contribution in [1.29, 1.82) is 0 Å². The van der Waals surface area contributed by atoms with Gasteiger partial charge in [-0.3, -0.25) is 4.79 Å². The number of nitrogens with two attached hydrogens (primary N) is 1. The lowest BCUT2D eigenvalue weighted by Gasteiger charge is -2.07. The first-order chi connectivity index (χ1) is 7.93. The summed E-state index contributed by atoms with van der Waals surface area (Å²) >= 11 is 0. The van der Waals surface area contributed by atoms with E-state index in [-0.39, 0.29) is 17.3 Å². The number of sulfone groups is 1. The van der Waals surface area contributed by atoms with Gasteiger partial charge in [-0.25, -0.2) is 8.42 Å². The average molecular weight is 257 g/mol. The maximum atomic E-state index is 11.8. The lowest BCUT2D eigenvalue weighted by Crippen LogP contribution is -2.30. The summed E-state index contributed by atoms with van der Waals surface area (Å²) in [6.07, 6.45) is 0. The molecular formula is C11H15NO4S. The molecular weight excluding hydrogens is 242 g/mol. The predicted octanol–water partition coefficient (Wildman–Crippen LogP) is 0.351. The van der Waals surface area contributed by atoms with Crippen molar-refractivity contribution in [2.45, 2.75) is 17.9 Å². The van der Waals surface area contributed by atoms with Crippen molar-refractivity contribution in [2.75, 3.05) is 12.4 Å². The van der Waals surface area contributed by atoms with Gasteiger partial charge in [-0.05, 0) is 19.1 Å². The van der Waals surface area contributed by atoms with E-state index in [0.29, 0.717) is 0 Å². The molecule has 2 N–H and O–H groups in total. The molecule has 1 aromatic carbocycles. The Morgan fingerprint density at radius 1 is 1.35 bits per heavy atom. The highest BCUT2D eigenvalue weighted by Gasteiger charge is 2.15. The van der Waals surface area contributed by atoms with Gasteiger partial charge in [0.1, 0.15) is 12.6 Å². The minimum Gasteiger partial charge on any atom is -0.463 e. The number of benzene rings is 1. The summed E-state index contributed by atoms with van der Waals surface area (Å²) in [7, 11) is -3.40. The first-order valence-electron chi connectivity index (χ1n) is 5.13. The zero-order chi connectivity index (χ0) is 12.9. The molecule has 1 atom stereocenters. The van der Waals surface area contributed by atoms with E-state index in [1.54, 1.807) is 18.2 Å². The first-order valence-corrected chi connectivity index (χ1v) is 6.79. The van der Waals surface area contributed by atoms with Crippen molar-refractivity contribution in [3.63, 3.8) is 0 Å². The minimum atomic E-state index is -3.40. The topological polar surface area (TPSA) is 86.5 Å². The molecule has 5 nitrogen and oxygen atoms in total. The Labute approximate surface area is 100 Å². The van der Waals surface area contributed by atoms with Crippen molar-refractivity contribution in [3.05, 3.63) is 30.3 Å². The number of rotatable bonds is 5. The molecule has 0 amide bonds. The van der Waals surface area contributed by atoms with Gasteiger partial charge in [0.15, 0.2) is 9.84 Å². The van der Waals surface area contributed by atoms with Gasteiger partial charge in [-0.15, -0.1) is 0 Å². The van der Waals surface area contributed by atoms with E-state index in [9.17, 15) is 13.2 Å². The second-order valence-electron chi connectivity index (χ2n) is 3.59. The highest BCUT2D eigenvalue weighted by molar-refractivity contribution is 7.91. The van der Waals surface area contributed by atoms with Crippen molar-refractivity contribution >= 4 is 15.8 Å². The van der Waals surface area contributed by atoms with Crippen LogP contribution in [-0.4, -0.2) is 32.8 Å². The van der Waals surface area contributed by atoms with Crippen LogP contribution < -0.4 is 5.73 Å². The van der Waals surface area contributed by atoms with E-state index in [1.165, 1.54) is 19.1 Å². The van der Waals surface area contributed by atoms with E-state index >= 15 is 0 Å². The van der Waals surface area contributed by atoms with Gasteiger partial charge < -0.3 is 10.5 Å². The van der Waals surface area contributed by atoms with Crippen LogP contribution in [0.15, 0.2) is 35.2 Å². The second kappa shape index (κ2) is 5.79. The van der Waals surface area contributed by atoms with Crippen molar-refractivity contribution in [1.82, 2.24) is 0 Å². The van der Waals surface area contributed by atoms with Crippen LogP contribution in [0.25, 0.3) is 0 Å². The maximum absolute atomic E-state index is 11.8. The summed E-state index contributed by atoms with van der Waals surface area (Å²) in [6, 6.07) is 7.27. The van der Waals surface area contributed by atoms with E-state index in [4.69, 9.17) is 10.5 Å². The SMILES string of the molecule is C[C@H](N)C(=O)OCCS(=O)(=O)c1ccccc1. The van der Waals surface area contributed by atoms with Gasteiger partial charge in [0.25, 0.3) is 0 Å². The van der Waals surface area contributed by atoms with Crippen molar-refractivity contribution < 1.29 is 17.9 Å². The van der Waals surface area contributed by atoms with Crippen LogP contribution >= 0.6 is 0 Å². The minimum absolute atomic E-state index is 0.183. The Morgan fingerprint density at radius 2 is 1.94 bits per heavy atom. The summed E-state index contributed by atoms with van der Waals surface area (Å²) in [6.45, 7) is 1.30. The van der Waals surface area contributed by atoms with Gasteiger partial charge in [-0.1, -0.05) is 18.2 Å². The third-order valence-electron chi connectivity index (χ3n) is 2.07. The van der Waals surface area contributed by atoms with E-state index in [2.05, 4.69) is 0 Å². The molecule has 0 bridgehead atoms. The number of hydrogen-bond acceptors (Lipinski definition) is 5. The molecule has 94 valence electrons. The van der Waals surface area contributed by atoms with Crippen LogP contribution in [0.5, 0.6) is 0 Å². The molecule has 0 saturated carbocycles. The van der Waals surface area contributed by atoms with Crippen molar-refractivity contribution in [2.24, 2.45) is 5.73 Å². The zero-order valence-electron chi connectivity index (χ0n) is 9.50. The van der Waals surface area contributed by atoms with Gasteiger partial charge in [0.2, 0.25) is 0 Å². The number of esters is 1. The highest BCUT2D eigenvalue weighted by Crippen LogP contribution is 2.09. The maximum Gasteiger partial charge on any atom is 0.322 e. The standard InChI is InChI=1S/C11H15NO4S/c1-9(12)11(13)16-7-8-17(14,15)10-5-3-2-4-6-10/h2-6,9H,7-8,12H2,1H3/t9-/m0/s1. The smallest absolute Gasteiger partial charge is 0.322 e. The van der Waals surface area contributed by atoms with Gasteiger partial charge in [-0.2, -0.15) is 0 Å². The third kappa shape index (κ3) is 4.16. The van der Waals surface area contributed by atoms with Crippen LogP contribution in [-0.2, 0) is 19.4 Å². The molecule has 17 heavy (non-hydrogen) atoms. The fourth-order valence-corrected chi connectivity index (χ4v) is 2.24. The lowest BCUT2D eigenvalue weighted by molar-refractivity contribution is -0.144. The normalized spacial score (nSPS) is 13.1. The zero-order valence-corrected chi connectivity index (χ0v) is 10.3. The second-order valence-corrected chi connectivity index (χ2v) is 5.70. The molecule has 0 aliphatic heterocycles. The summed E-state index contributed by atoms with van der Waals surface area (Å²) < 4.78 is 28.2. The Bertz CT molecular complexity index is 468. The van der Waals surface area contributed by atoms with E-state index in [1.807, 2.05) is 0 Å². The number of carbonyl (C=O) groups is 1. The Balaban J connectivity index is 2.55. The molecule has 0 unspecified atom stereocenters. The molecule has 0 aromatic heterocycles. The van der Waals surface area contributed by atoms with Crippen LogP contribution in [0.2, 0.25) is 0 Å². The highest BCUT2D eigenvalue weighted by atomic mass is 32.2. The largest absolute Gasteiger partial charge is 0.463 e. The number of carbonyl (C=O) groups excluding carboxylic acids is 1. The Hall–Kier alpha value is -1.40.